The van der Waals surface area contributed by atoms with Gasteiger partial charge in [0, 0.05) is 17.6 Å². The SMILES string of the molecule is Cc1ncc(CN(C)[C@@H](C)C(=O)OC(C)(C)C)s1. The van der Waals surface area contributed by atoms with Crippen molar-refractivity contribution in [3.63, 3.8) is 0 Å². The second kappa shape index (κ2) is 5.80. The summed E-state index contributed by atoms with van der Waals surface area (Å²) >= 11 is 1.65. The lowest BCUT2D eigenvalue weighted by Gasteiger charge is -2.27. The quantitative estimate of drug-likeness (QED) is 0.789. The van der Waals surface area contributed by atoms with Crippen molar-refractivity contribution < 1.29 is 9.53 Å². The summed E-state index contributed by atoms with van der Waals surface area (Å²) in [5.74, 6) is -0.189. The van der Waals surface area contributed by atoms with Crippen molar-refractivity contribution >= 4 is 17.3 Å². The van der Waals surface area contributed by atoms with E-state index in [0.717, 1.165) is 9.88 Å². The van der Waals surface area contributed by atoms with E-state index < -0.39 is 5.60 Å². The Morgan fingerprint density at radius 2 is 2.17 bits per heavy atom. The molecule has 0 unspecified atom stereocenters. The van der Waals surface area contributed by atoms with Gasteiger partial charge in [0.1, 0.15) is 11.6 Å². The molecule has 0 spiro atoms. The first-order valence-electron chi connectivity index (χ1n) is 6.03. The molecule has 1 atom stereocenters. The Morgan fingerprint density at radius 1 is 1.56 bits per heavy atom. The zero-order valence-electron chi connectivity index (χ0n) is 12.0. The van der Waals surface area contributed by atoms with Crippen LogP contribution in [0.15, 0.2) is 6.20 Å². The minimum Gasteiger partial charge on any atom is -0.459 e. The normalized spacial score (nSPS) is 13.7. The molecule has 0 bridgehead atoms. The third-order valence-electron chi connectivity index (χ3n) is 2.48. The van der Waals surface area contributed by atoms with Crippen molar-refractivity contribution in [1.82, 2.24) is 9.88 Å². The van der Waals surface area contributed by atoms with Crippen molar-refractivity contribution in [3.05, 3.63) is 16.1 Å². The van der Waals surface area contributed by atoms with Crippen LogP contribution in [0.2, 0.25) is 0 Å². The molecule has 0 N–H and O–H groups in total. The Morgan fingerprint density at radius 3 is 2.61 bits per heavy atom. The second-order valence-electron chi connectivity index (χ2n) is 5.47. The molecule has 18 heavy (non-hydrogen) atoms. The van der Waals surface area contributed by atoms with Crippen molar-refractivity contribution in [2.45, 2.75) is 52.8 Å². The third kappa shape index (κ3) is 4.74. The molecule has 1 heterocycles. The highest BCUT2D eigenvalue weighted by Gasteiger charge is 2.24. The molecule has 102 valence electrons. The van der Waals surface area contributed by atoms with Crippen molar-refractivity contribution in [2.75, 3.05) is 7.05 Å². The summed E-state index contributed by atoms with van der Waals surface area (Å²) in [4.78, 5) is 19.3. The number of aromatic nitrogens is 1. The molecule has 0 saturated carbocycles. The van der Waals surface area contributed by atoms with Gasteiger partial charge in [-0.15, -0.1) is 11.3 Å². The van der Waals surface area contributed by atoms with E-state index in [9.17, 15) is 4.79 Å². The number of rotatable bonds is 4. The van der Waals surface area contributed by atoms with Crippen LogP contribution < -0.4 is 0 Å². The highest BCUT2D eigenvalue weighted by atomic mass is 32.1. The van der Waals surface area contributed by atoms with E-state index in [-0.39, 0.29) is 12.0 Å². The van der Waals surface area contributed by atoms with Gasteiger partial charge < -0.3 is 4.74 Å². The van der Waals surface area contributed by atoms with E-state index in [1.807, 2.05) is 52.8 Å². The van der Waals surface area contributed by atoms with E-state index in [1.54, 1.807) is 11.3 Å². The van der Waals surface area contributed by atoms with E-state index in [1.165, 1.54) is 0 Å². The van der Waals surface area contributed by atoms with Gasteiger partial charge in [-0.3, -0.25) is 9.69 Å². The first-order chi connectivity index (χ1) is 8.19. The van der Waals surface area contributed by atoms with Crippen LogP contribution in [0, 0.1) is 6.92 Å². The van der Waals surface area contributed by atoms with Gasteiger partial charge >= 0.3 is 5.97 Å². The summed E-state index contributed by atoms with van der Waals surface area (Å²) in [5, 5.41) is 1.04. The molecule has 0 aromatic carbocycles. The first-order valence-corrected chi connectivity index (χ1v) is 6.85. The molecule has 4 nitrogen and oxygen atoms in total. The van der Waals surface area contributed by atoms with Crippen molar-refractivity contribution in [1.29, 1.82) is 0 Å². The van der Waals surface area contributed by atoms with Gasteiger partial charge in [-0.05, 0) is 41.7 Å². The maximum absolute atomic E-state index is 11.9. The molecule has 1 aromatic heterocycles. The number of hydrogen-bond donors (Lipinski definition) is 0. The fraction of sp³-hybridized carbons (Fsp3) is 0.692. The molecule has 0 radical (unpaired) electrons. The van der Waals surface area contributed by atoms with Crippen LogP contribution in [-0.2, 0) is 16.1 Å². The fourth-order valence-electron chi connectivity index (χ4n) is 1.43. The maximum atomic E-state index is 11.9. The Hall–Kier alpha value is -0.940. The smallest absolute Gasteiger partial charge is 0.323 e. The fourth-order valence-corrected chi connectivity index (χ4v) is 2.29. The van der Waals surface area contributed by atoms with Crippen molar-refractivity contribution in [3.8, 4) is 0 Å². The summed E-state index contributed by atoms with van der Waals surface area (Å²) in [7, 11) is 1.92. The Balaban J connectivity index is 2.55. The predicted octanol–water partition coefficient (Wildman–Crippen LogP) is 2.61. The van der Waals surface area contributed by atoms with E-state index >= 15 is 0 Å². The van der Waals surface area contributed by atoms with Gasteiger partial charge in [0.05, 0.1) is 5.01 Å². The molecule has 0 saturated heterocycles. The van der Waals surface area contributed by atoms with Crippen LogP contribution in [0.4, 0.5) is 0 Å². The number of likely N-dealkylation sites (N-methyl/N-ethyl adjacent to an activating group) is 1. The molecular weight excluding hydrogens is 248 g/mol. The predicted molar refractivity (Wildman–Crippen MR) is 73.6 cm³/mol. The molecule has 0 fully saturated rings. The van der Waals surface area contributed by atoms with Gasteiger partial charge in [0.15, 0.2) is 0 Å². The summed E-state index contributed by atoms with van der Waals surface area (Å²) < 4.78 is 5.37. The lowest BCUT2D eigenvalue weighted by Crippen LogP contribution is -2.39. The van der Waals surface area contributed by atoms with Crippen LogP contribution in [0.25, 0.3) is 0 Å². The summed E-state index contributed by atoms with van der Waals surface area (Å²) in [6, 6.07) is -0.258. The molecule has 1 rings (SSSR count). The molecule has 0 amide bonds. The zero-order chi connectivity index (χ0) is 13.9. The van der Waals surface area contributed by atoms with Gasteiger partial charge in [0.25, 0.3) is 0 Å². The summed E-state index contributed by atoms with van der Waals surface area (Å²) in [5.41, 5.74) is -0.437. The van der Waals surface area contributed by atoms with E-state index in [4.69, 9.17) is 4.74 Å². The number of ether oxygens (including phenoxy) is 1. The Kier molecular flexibility index (Phi) is 4.87. The average molecular weight is 270 g/mol. The van der Waals surface area contributed by atoms with Crippen LogP contribution in [0.1, 0.15) is 37.6 Å². The minimum atomic E-state index is -0.437. The second-order valence-corrected chi connectivity index (χ2v) is 6.79. The minimum absolute atomic E-state index is 0.189. The molecule has 0 aliphatic heterocycles. The van der Waals surface area contributed by atoms with Crippen LogP contribution in [0.3, 0.4) is 0 Å². The summed E-state index contributed by atoms with van der Waals surface area (Å²) in [6.07, 6.45) is 1.86. The van der Waals surface area contributed by atoms with Crippen LogP contribution in [-0.4, -0.2) is 34.5 Å². The number of thiazole rings is 1. The Bertz CT molecular complexity index is 409. The first kappa shape index (κ1) is 15.1. The highest BCUT2D eigenvalue weighted by Crippen LogP contribution is 2.16. The van der Waals surface area contributed by atoms with Gasteiger partial charge in [-0.2, -0.15) is 0 Å². The number of esters is 1. The number of aryl methyl sites for hydroxylation is 1. The topological polar surface area (TPSA) is 42.4 Å². The monoisotopic (exact) mass is 270 g/mol. The van der Waals surface area contributed by atoms with Gasteiger partial charge in [0.2, 0.25) is 0 Å². The highest BCUT2D eigenvalue weighted by molar-refractivity contribution is 7.11. The molecular formula is C13H22N2O2S. The standard InChI is InChI=1S/C13H22N2O2S/c1-9(12(16)17-13(3,4)5)15(6)8-11-7-14-10(2)18-11/h7,9H,8H2,1-6H3/t9-/m0/s1. The molecule has 0 aliphatic rings. The largest absolute Gasteiger partial charge is 0.459 e. The average Bonchev–Trinajstić information content (AvgIpc) is 2.60. The van der Waals surface area contributed by atoms with Crippen LogP contribution >= 0.6 is 11.3 Å². The lowest BCUT2D eigenvalue weighted by molar-refractivity contribution is -0.160. The van der Waals surface area contributed by atoms with Gasteiger partial charge in [-0.25, -0.2) is 4.98 Å². The van der Waals surface area contributed by atoms with Gasteiger partial charge in [-0.1, -0.05) is 0 Å². The molecule has 0 aliphatic carbocycles. The van der Waals surface area contributed by atoms with E-state index in [2.05, 4.69) is 4.98 Å². The lowest BCUT2D eigenvalue weighted by atomic mass is 10.2. The number of carbonyl (C=O) groups excluding carboxylic acids is 1. The van der Waals surface area contributed by atoms with Crippen molar-refractivity contribution in [2.24, 2.45) is 0 Å². The van der Waals surface area contributed by atoms with E-state index in [0.29, 0.717) is 6.54 Å². The number of hydrogen-bond acceptors (Lipinski definition) is 5. The van der Waals surface area contributed by atoms with Crippen LogP contribution in [0.5, 0.6) is 0 Å². The molecule has 1 aromatic rings. The number of nitrogens with zero attached hydrogens (tertiary/aromatic N) is 2. The molecule has 5 heteroatoms. The number of carbonyl (C=O) groups is 1. The Labute approximate surface area is 113 Å². The third-order valence-corrected chi connectivity index (χ3v) is 3.38. The zero-order valence-corrected chi connectivity index (χ0v) is 12.8. The maximum Gasteiger partial charge on any atom is 0.323 e. The summed E-state index contributed by atoms with van der Waals surface area (Å²) in [6.45, 7) is 10.2.